The average Bonchev–Trinajstić information content (AvgIpc) is 2.67. The molecule has 0 aromatic carbocycles. The maximum atomic E-state index is 8.69. The van der Waals surface area contributed by atoms with E-state index in [0.717, 1.165) is 5.56 Å². The Bertz CT molecular complexity index is 390. The lowest BCUT2D eigenvalue weighted by Gasteiger charge is -1.89. The van der Waals surface area contributed by atoms with Crippen LogP contribution in [0.1, 0.15) is 5.89 Å². The first kappa shape index (κ1) is 10.6. The summed E-state index contributed by atoms with van der Waals surface area (Å²) in [6, 6.07) is 3.54. The minimum absolute atomic E-state index is 0. The van der Waals surface area contributed by atoms with Gasteiger partial charge in [-0.15, -0.1) is 12.4 Å². The van der Waals surface area contributed by atoms with Gasteiger partial charge < -0.3 is 9.63 Å². The first-order valence-electron chi connectivity index (χ1n) is 3.74. The number of aliphatic hydroxyl groups excluding tert-OH is 1. The SMILES string of the molecule is Cl.OCc1nc(-c2ccncc2)no1. The van der Waals surface area contributed by atoms with E-state index in [1.54, 1.807) is 24.5 Å². The van der Waals surface area contributed by atoms with Crippen LogP contribution in [0.25, 0.3) is 11.4 Å². The summed E-state index contributed by atoms with van der Waals surface area (Å²) < 4.78 is 4.74. The summed E-state index contributed by atoms with van der Waals surface area (Å²) in [6.07, 6.45) is 3.29. The Kier molecular flexibility index (Phi) is 3.55. The van der Waals surface area contributed by atoms with E-state index in [-0.39, 0.29) is 24.9 Å². The molecule has 0 unspecified atom stereocenters. The maximum absolute atomic E-state index is 8.69. The molecule has 0 aliphatic rings. The summed E-state index contributed by atoms with van der Waals surface area (Å²) in [5.74, 6) is 0.679. The topological polar surface area (TPSA) is 72.0 Å². The molecule has 0 aliphatic carbocycles. The van der Waals surface area contributed by atoms with E-state index in [9.17, 15) is 0 Å². The highest BCUT2D eigenvalue weighted by Crippen LogP contribution is 2.13. The number of pyridine rings is 1. The highest BCUT2D eigenvalue weighted by molar-refractivity contribution is 5.85. The summed E-state index contributed by atoms with van der Waals surface area (Å²) in [6.45, 7) is -0.238. The Morgan fingerprint density at radius 1 is 1.29 bits per heavy atom. The van der Waals surface area contributed by atoms with E-state index in [4.69, 9.17) is 9.63 Å². The van der Waals surface area contributed by atoms with E-state index in [1.807, 2.05) is 0 Å². The summed E-state index contributed by atoms with van der Waals surface area (Å²) in [5, 5.41) is 12.4. The molecule has 0 amide bonds. The number of aromatic nitrogens is 3. The predicted molar refractivity (Wildman–Crippen MR) is 50.7 cm³/mol. The van der Waals surface area contributed by atoms with Crippen molar-refractivity contribution in [2.75, 3.05) is 0 Å². The summed E-state index contributed by atoms with van der Waals surface area (Å²) in [4.78, 5) is 7.81. The van der Waals surface area contributed by atoms with Gasteiger partial charge in [0.05, 0.1) is 0 Å². The van der Waals surface area contributed by atoms with Crippen molar-refractivity contribution in [3.63, 3.8) is 0 Å². The van der Waals surface area contributed by atoms with Gasteiger partial charge in [0.2, 0.25) is 5.82 Å². The van der Waals surface area contributed by atoms with Crippen molar-refractivity contribution in [3.8, 4) is 11.4 Å². The molecule has 74 valence electrons. The van der Waals surface area contributed by atoms with Crippen LogP contribution in [0.2, 0.25) is 0 Å². The third-order valence-corrected chi connectivity index (χ3v) is 1.54. The average molecular weight is 214 g/mol. The molecule has 2 aromatic heterocycles. The van der Waals surface area contributed by atoms with Gasteiger partial charge in [0.1, 0.15) is 6.61 Å². The normalized spacial score (nSPS) is 9.50. The van der Waals surface area contributed by atoms with Crippen LogP contribution < -0.4 is 0 Å². The smallest absolute Gasteiger partial charge is 0.252 e. The molecule has 0 saturated heterocycles. The van der Waals surface area contributed by atoms with Crippen LogP contribution in [0.4, 0.5) is 0 Å². The molecule has 2 heterocycles. The standard InChI is InChI=1S/C8H7N3O2.ClH/c12-5-7-10-8(11-13-7)6-1-3-9-4-2-6;/h1-4,12H,5H2;1H. The van der Waals surface area contributed by atoms with E-state index >= 15 is 0 Å². The van der Waals surface area contributed by atoms with E-state index in [0.29, 0.717) is 5.82 Å². The Morgan fingerprint density at radius 3 is 2.57 bits per heavy atom. The molecule has 6 heteroatoms. The molecule has 0 bridgehead atoms. The predicted octanol–water partition coefficient (Wildman–Crippen LogP) is 1.05. The highest BCUT2D eigenvalue weighted by Gasteiger charge is 2.05. The third-order valence-electron chi connectivity index (χ3n) is 1.54. The van der Waals surface area contributed by atoms with Crippen molar-refractivity contribution >= 4 is 12.4 Å². The number of halogens is 1. The molecule has 5 nitrogen and oxygen atoms in total. The molecule has 2 rings (SSSR count). The summed E-state index contributed by atoms with van der Waals surface area (Å²) in [7, 11) is 0. The summed E-state index contributed by atoms with van der Waals surface area (Å²) >= 11 is 0. The van der Waals surface area contributed by atoms with Gasteiger partial charge in [0.15, 0.2) is 0 Å². The molecule has 14 heavy (non-hydrogen) atoms. The molecule has 0 spiro atoms. The molecule has 0 fully saturated rings. The van der Waals surface area contributed by atoms with Crippen LogP contribution in [0, 0.1) is 0 Å². The fourth-order valence-electron chi connectivity index (χ4n) is 0.937. The zero-order chi connectivity index (χ0) is 9.10. The van der Waals surface area contributed by atoms with Crippen LogP contribution in [0.5, 0.6) is 0 Å². The molecular formula is C8H8ClN3O2. The Labute approximate surface area is 86.2 Å². The van der Waals surface area contributed by atoms with Gasteiger partial charge in [-0.3, -0.25) is 4.98 Å². The van der Waals surface area contributed by atoms with Gasteiger partial charge >= 0.3 is 0 Å². The first-order valence-corrected chi connectivity index (χ1v) is 3.74. The van der Waals surface area contributed by atoms with Gasteiger partial charge in [-0.05, 0) is 12.1 Å². The first-order chi connectivity index (χ1) is 6.40. The van der Waals surface area contributed by atoms with Crippen molar-refractivity contribution in [3.05, 3.63) is 30.4 Å². The maximum Gasteiger partial charge on any atom is 0.252 e. The lowest BCUT2D eigenvalue weighted by molar-refractivity contribution is 0.222. The van der Waals surface area contributed by atoms with Crippen LogP contribution in [-0.2, 0) is 6.61 Å². The monoisotopic (exact) mass is 213 g/mol. The van der Waals surface area contributed by atoms with Crippen LogP contribution in [0.15, 0.2) is 29.0 Å². The van der Waals surface area contributed by atoms with Gasteiger partial charge in [-0.25, -0.2) is 0 Å². The minimum Gasteiger partial charge on any atom is -0.387 e. The molecule has 2 aromatic rings. The van der Waals surface area contributed by atoms with Gasteiger partial charge in [-0.2, -0.15) is 4.98 Å². The van der Waals surface area contributed by atoms with Crippen molar-refractivity contribution in [2.24, 2.45) is 0 Å². The molecule has 1 N–H and O–H groups in total. The molecule has 0 atom stereocenters. The van der Waals surface area contributed by atoms with E-state index < -0.39 is 0 Å². The third kappa shape index (κ3) is 2.07. The quantitative estimate of drug-likeness (QED) is 0.807. The number of aliphatic hydroxyl groups is 1. The van der Waals surface area contributed by atoms with Crippen LogP contribution >= 0.6 is 12.4 Å². The molecule has 0 aliphatic heterocycles. The fraction of sp³-hybridized carbons (Fsp3) is 0.125. The molecule has 0 saturated carbocycles. The lowest BCUT2D eigenvalue weighted by atomic mass is 10.2. The Morgan fingerprint density at radius 2 is 2.00 bits per heavy atom. The number of hydrogen-bond acceptors (Lipinski definition) is 5. The largest absolute Gasteiger partial charge is 0.387 e. The number of nitrogens with zero attached hydrogens (tertiary/aromatic N) is 3. The van der Waals surface area contributed by atoms with Crippen LogP contribution in [0.3, 0.4) is 0 Å². The van der Waals surface area contributed by atoms with Crippen LogP contribution in [-0.4, -0.2) is 20.2 Å². The van der Waals surface area contributed by atoms with Gasteiger partial charge in [0, 0.05) is 18.0 Å². The van der Waals surface area contributed by atoms with Gasteiger partial charge in [0.25, 0.3) is 5.89 Å². The lowest BCUT2D eigenvalue weighted by Crippen LogP contribution is -1.83. The van der Waals surface area contributed by atoms with E-state index in [2.05, 4.69) is 15.1 Å². The van der Waals surface area contributed by atoms with E-state index in [1.165, 1.54) is 0 Å². The zero-order valence-electron chi connectivity index (χ0n) is 7.12. The molecule has 0 radical (unpaired) electrons. The second kappa shape index (κ2) is 4.69. The van der Waals surface area contributed by atoms with Gasteiger partial charge in [-0.1, -0.05) is 5.16 Å². The zero-order valence-corrected chi connectivity index (χ0v) is 7.94. The summed E-state index contributed by atoms with van der Waals surface area (Å²) in [5.41, 5.74) is 0.818. The number of rotatable bonds is 2. The van der Waals surface area contributed by atoms with Crippen molar-refractivity contribution in [1.82, 2.24) is 15.1 Å². The second-order valence-electron chi connectivity index (χ2n) is 2.41. The Hall–Kier alpha value is -1.46. The minimum atomic E-state index is -0.238. The van der Waals surface area contributed by atoms with Crippen molar-refractivity contribution < 1.29 is 9.63 Å². The fourth-order valence-corrected chi connectivity index (χ4v) is 0.937. The second-order valence-corrected chi connectivity index (χ2v) is 2.41. The Balaban J connectivity index is 0.000000980. The van der Waals surface area contributed by atoms with Crippen molar-refractivity contribution in [1.29, 1.82) is 0 Å². The number of hydrogen-bond donors (Lipinski definition) is 1. The highest BCUT2D eigenvalue weighted by atomic mass is 35.5. The van der Waals surface area contributed by atoms with Crippen molar-refractivity contribution in [2.45, 2.75) is 6.61 Å². The molecular weight excluding hydrogens is 206 g/mol.